The van der Waals surface area contributed by atoms with E-state index < -0.39 is 28.5 Å². The monoisotopic (exact) mass is 555 g/mol. The van der Waals surface area contributed by atoms with Crippen LogP contribution in [0.5, 0.6) is 0 Å². The summed E-state index contributed by atoms with van der Waals surface area (Å²) in [4.78, 5) is 28.2. The molecule has 0 aliphatic rings. The number of halogens is 1. The Morgan fingerprint density at radius 2 is 1.61 bits per heavy atom. The first-order chi connectivity index (χ1) is 18.0. The maximum absolute atomic E-state index is 13.9. The summed E-state index contributed by atoms with van der Waals surface area (Å²) in [6.45, 7) is 7.57. The number of hydrogen-bond donors (Lipinski definition) is 1. The molecule has 2 amide bonds. The molecule has 0 fully saturated rings. The van der Waals surface area contributed by atoms with Crippen molar-refractivity contribution < 1.29 is 18.0 Å². The van der Waals surface area contributed by atoms with Crippen LogP contribution in [0.3, 0.4) is 0 Å². The van der Waals surface area contributed by atoms with Gasteiger partial charge in [0.2, 0.25) is 11.8 Å². The van der Waals surface area contributed by atoms with Crippen LogP contribution in [-0.2, 0) is 26.2 Å². The molecule has 0 unspecified atom stereocenters. The molecule has 3 rings (SSSR count). The average molecular weight is 556 g/mol. The number of amides is 2. The van der Waals surface area contributed by atoms with Gasteiger partial charge in [0.05, 0.1) is 10.6 Å². The Labute approximate surface area is 230 Å². The zero-order valence-electron chi connectivity index (χ0n) is 22.1. The van der Waals surface area contributed by atoms with E-state index in [1.165, 1.54) is 29.2 Å². The van der Waals surface area contributed by atoms with E-state index >= 15 is 0 Å². The van der Waals surface area contributed by atoms with Crippen LogP contribution in [0.2, 0.25) is 5.02 Å². The zero-order chi connectivity index (χ0) is 27.9. The molecule has 202 valence electrons. The van der Waals surface area contributed by atoms with Crippen molar-refractivity contribution in [2.45, 2.75) is 51.6 Å². The predicted octanol–water partition coefficient (Wildman–Crippen LogP) is 5.10. The number of nitrogens with one attached hydrogen (secondary N) is 1. The molecule has 9 heteroatoms. The maximum Gasteiger partial charge on any atom is 0.264 e. The summed E-state index contributed by atoms with van der Waals surface area (Å²) in [5.41, 5.74) is 3.07. The standard InChI is InChI=1S/C29H34ClN3O4S/c1-5-17-31-29(35)23(4)32(19-24-9-7-6-8-10-24)28(34)20-33(26-14-11-21(2)22(3)18-26)38(36,37)27-15-12-25(30)13-16-27/h6-16,18,23H,5,17,19-20H2,1-4H3,(H,31,35)/t23-/m0/s1. The molecule has 7 nitrogen and oxygen atoms in total. The van der Waals surface area contributed by atoms with Crippen LogP contribution in [0.15, 0.2) is 77.7 Å². The summed E-state index contributed by atoms with van der Waals surface area (Å²) in [6, 6.07) is 19.6. The lowest BCUT2D eigenvalue weighted by atomic mass is 10.1. The second-order valence-electron chi connectivity index (χ2n) is 9.21. The average Bonchev–Trinajstić information content (AvgIpc) is 2.90. The van der Waals surface area contributed by atoms with Crippen molar-refractivity contribution >= 4 is 39.1 Å². The van der Waals surface area contributed by atoms with Gasteiger partial charge in [-0.05, 0) is 80.3 Å². The lowest BCUT2D eigenvalue weighted by Crippen LogP contribution is -2.51. The Bertz CT molecular complexity index is 1360. The van der Waals surface area contributed by atoms with E-state index in [9.17, 15) is 18.0 Å². The molecular formula is C29H34ClN3O4S. The van der Waals surface area contributed by atoms with Gasteiger partial charge in [-0.2, -0.15) is 0 Å². The predicted molar refractivity (Wildman–Crippen MR) is 152 cm³/mol. The number of benzene rings is 3. The number of carbonyl (C=O) groups excluding carboxylic acids is 2. The Morgan fingerprint density at radius 3 is 2.21 bits per heavy atom. The van der Waals surface area contributed by atoms with Crippen LogP contribution >= 0.6 is 11.6 Å². The van der Waals surface area contributed by atoms with Gasteiger partial charge < -0.3 is 10.2 Å². The molecule has 3 aromatic carbocycles. The summed E-state index contributed by atoms with van der Waals surface area (Å²) in [6.07, 6.45) is 0.755. The maximum atomic E-state index is 13.9. The van der Waals surface area contributed by atoms with Crippen LogP contribution in [0.1, 0.15) is 37.0 Å². The van der Waals surface area contributed by atoms with Crippen molar-refractivity contribution in [2.75, 3.05) is 17.4 Å². The van der Waals surface area contributed by atoms with Gasteiger partial charge >= 0.3 is 0 Å². The third kappa shape index (κ3) is 7.14. The van der Waals surface area contributed by atoms with E-state index in [4.69, 9.17) is 11.6 Å². The smallest absolute Gasteiger partial charge is 0.264 e. The van der Waals surface area contributed by atoms with Gasteiger partial charge in [0.1, 0.15) is 12.6 Å². The molecule has 0 bridgehead atoms. The lowest BCUT2D eigenvalue weighted by Gasteiger charge is -2.32. The zero-order valence-corrected chi connectivity index (χ0v) is 23.7. The Morgan fingerprint density at radius 1 is 0.947 bits per heavy atom. The lowest BCUT2D eigenvalue weighted by molar-refractivity contribution is -0.139. The molecule has 3 aromatic rings. The Kier molecular flexibility index (Phi) is 9.94. The van der Waals surface area contributed by atoms with E-state index in [0.717, 1.165) is 27.4 Å². The van der Waals surface area contributed by atoms with Crippen LogP contribution in [0.4, 0.5) is 5.69 Å². The van der Waals surface area contributed by atoms with Crippen molar-refractivity contribution in [3.05, 3.63) is 94.5 Å². The quantitative estimate of drug-likeness (QED) is 0.357. The van der Waals surface area contributed by atoms with E-state index in [2.05, 4.69) is 5.32 Å². The molecule has 1 N–H and O–H groups in total. The highest BCUT2D eigenvalue weighted by Crippen LogP contribution is 2.27. The molecule has 0 aliphatic heterocycles. The van der Waals surface area contributed by atoms with E-state index in [-0.39, 0.29) is 17.3 Å². The molecule has 0 saturated carbocycles. The van der Waals surface area contributed by atoms with Gasteiger partial charge in [0.15, 0.2) is 0 Å². The number of hydrogen-bond acceptors (Lipinski definition) is 4. The minimum absolute atomic E-state index is 0.0104. The van der Waals surface area contributed by atoms with E-state index in [1.54, 1.807) is 19.1 Å². The first kappa shape index (κ1) is 29.2. The first-order valence-electron chi connectivity index (χ1n) is 12.5. The molecule has 0 heterocycles. The van der Waals surface area contributed by atoms with Crippen LogP contribution in [0.25, 0.3) is 0 Å². The van der Waals surface area contributed by atoms with Gasteiger partial charge in [0, 0.05) is 18.1 Å². The second-order valence-corrected chi connectivity index (χ2v) is 11.5. The van der Waals surface area contributed by atoms with Crippen molar-refractivity contribution in [1.29, 1.82) is 0 Å². The number of sulfonamides is 1. The van der Waals surface area contributed by atoms with Crippen molar-refractivity contribution in [3.8, 4) is 0 Å². The SMILES string of the molecule is CCCNC(=O)[C@H](C)N(Cc1ccccc1)C(=O)CN(c1ccc(C)c(C)c1)S(=O)(=O)c1ccc(Cl)cc1. The second kappa shape index (κ2) is 12.9. The third-order valence-electron chi connectivity index (χ3n) is 6.37. The number of anilines is 1. The van der Waals surface area contributed by atoms with Crippen molar-refractivity contribution in [3.63, 3.8) is 0 Å². The normalized spacial score (nSPS) is 12.0. The summed E-state index contributed by atoms with van der Waals surface area (Å²) in [7, 11) is -4.14. The summed E-state index contributed by atoms with van der Waals surface area (Å²) < 4.78 is 28.8. The summed E-state index contributed by atoms with van der Waals surface area (Å²) in [5.74, 6) is -0.793. The fourth-order valence-corrected chi connectivity index (χ4v) is 5.43. The molecule has 1 atom stereocenters. The highest BCUT2D eigenvalue weighted by atomic mass is 35.5. The highest BCUT2D eigenvalue weighted by molar-refractivity contribution is 7.92. The minimum atomic E-state index is -4.14. The molecule has 0 radical (unpaired) electrons. The van der Waals surface area contributed by atoms with Crippen molar-refractivity contribution in [1.82, 2.24) is 10.2 Å². The molecule has 0 aliphatic carbocycles. The number of carbonyl (C=O) groups is 2. The van der Waals surface area contributed by atoms with Crippen LogP contribution < -0.4 is 9.62 Å². The van der Waals surface area contributed by atoms with Crippen molar-refractivity contribution in [2.24, 2.45) is 0 Å². The van der Waals surface area contributed by atoms with Crippen LogP contribution in [-0.4, -0.2) is 44.3 Å². The van der Waals surface area contributed by atoms with Gasteiger partial charge in [-0.3, -0.25) is 13.9 Å². The van der Waals surface area contributed by atoms with Crippen LogP contribution in [0, 0.1) is 13.8 Å². The fourth-order valence-electron chi connectivity index (χ4n) is 3.90. The number of rotatable bonds is 11. The Balaban J connectivity index is 2.03. The Hall–Kier alpha value is -3.36. The van der Waals surface area contributed by atoms with E-state index in [0.29, 0.717) is 17.3 Å². The van der Waals surface area contributed by atoms with Gasteiger partial charge in [0.25, 0.3) is 10.0 Å². The minimum Gasteiger partial charge on any atom is -0.354 e. The summed E-state index contributed by atoms with van der Waals surface area (Å²) >= 11 is 5.99. The molecule has 0 spiro atoms. The number of aryl methyl sites for hydroxylation is 2. The number of nitrogens with zero attached hydrogens (tertiary/aromatic N) is 2. The molecule has 0 saturated heterocycles. The molecule has 38 heavy (non-hydrogen) atoms. The van der Waals surface area contributed by atoms with Gasteiger partial charge in [-0.1, -0.05) is 54.9 Å². The van der Waals surface area contributed by atoms with E-state index in [1.807, 2.05) is 57.2 Å². The van der Waals surface area contributed by atoms with Gasteiger partial charge in [-0.25, -0.2) is 8.42 Å². The molecular weight excluding hydrogens is 522 g/mol. The largest absolute Gasteiger partial charge is 0.354 e. The molecule has 0 aromatic heterocycles. The first-order valence-corrected chi connectivity index (χ1v) is 14.3. The summed E-state index contributed by atoms with van der Waals surface area (Å²) in [5, 5.41) is 3.24. The third-order valence-corrected chi connectivity index (χ3v) is 8.41. The highest BCUT2D eigenvalue weighted by Gasteiger charge is 2.32. The topological polar surface area (TPSA) is 86.8 Å². The van der Waals surface area contributed by atoms with Gasteiger partial charge in [-0.15, -0.1) is 0 Å². The fraction of sp³-hybridized carbons (Fsp3) is 0.310.